The molecular weight excluding hydrogens is 745 g/mol. The molecular formula is H3PU3. The first-order valence-corrected chi connectivity index (χ1v) is 0. The maximum atomic E-state index is 0. The summed E-state index contributed by atoms with van der Waals surface area (Å²) < 4.78 is 0. The minimum absolute atomic E-state index is 0. The van der Waals surface area contributed by atoms with Crippen molar-refractivity contribution in [3.8, 4) is 0 Å². The third-order valence-corrected chi connectivity index (χ3v) is 0. The predicted molar refractivity (Wildman–Crippen MR) is 11.1 cm³/mol. The molecule has 0 saturated carbocycles. The molecule has 0 aromatic heterocycles. The molecule has 1 unspecified atom stereocenters. The van der Waals surface area contributed by atoms with Crippen LogP contribution in [0.4, 0.5) is 0 Å². The van der Waals surface area contributed by atoms with Gasteiger partial charge in [-0.15, -0.1) is 0 Å². The van der Waals surface area contributed by atoms with Gasteiger partial charge in [-0.2, -0.15) is 9.90 Å². The second kappa shape index (κ2) is 16.0. The van der Waals surface area contributed by atoms with E-state index in [-0.39, 0.29) is 103 Å². The van der Waals surface area contributed by atoms with Gasteiger partial charge in [0, 0.05) is 93.3 Å². The third kappa shape index (κ3) is 9.14. The molecule has 4 heteroatoms. The third-order valence-electron chi connectivity index (χ3n) is 0. The van der Waals surface area contributed by atoms with Gasteiger partial charge in [0.05, 0.1) is 0 Å². The number of rotatable bonds is 0. The minimum atomic E-state index is 0. The zero-order valence-electron chi connectivity index (χ0n) is 2.21. The Morgan fingerprint density at radius 2 is 0.500 bits per heavy atom. The molecule has 0 fully saturated rings. The fraction of sp³-hybridized carbons (Fsp3) is 0. The van der Waals surface area contributed by atoms with Crippen molar-refractivity contribution in [1.29, 1.82) is 0 Å². The monoisotopic (exact) mass is 748 g/mol. The van der Waals surface area contributed by atoms with Gasteiger partial charge in [-0.1, -0.05) is 0 Å². The molecule has 0 aliphatic rings. The van der Waals surface area contributed by atoms with Gasteiger partial charge in [0.25, 0.3) is 0 Å². The molecule has 0 radical (unpaired) electrons. The van der Waals surface area contributed by atoms with E-state index in [2.05, 4.69) is 0 Å². The molecule has 0 N–H and O–H groups in total. The Bertz CT molecular complexity index is 3.25. The fourth-order valence-corrected chi connectivity index (χ4v) is 0. The molecule has 0 aliphatic carbocycles. The Labute approximate surface area is 101 Å². The molecule has 4 heavy (non-hydrogen) atoms. The van der Waals surface area contributed by atoms with Crippen LogP contribution in [0, 0.1) is 93.3 Å². The van der Waals surface area contributed by atoms with Crippen molar-refractivity contribution in [3.63, 3.8) is 0 Å². The molecule has 20 valence electrons. The topological polar surface area (TPSA) is 0 Å². The Hall–Kier alpha value is 3.59. The van der Waals surface area contributed by atoms with Crippen LogP contribution in [0.25, 0.3) is 0 Å². The van der Waals surface area contributed by atoms with E-state index < -0.39 is 0 Å². The van der Waals surface area contributed by atoms with E-state index in [0.717, 1.165) is 0 Å². The predicted octanol–water partition coefficient (Wildman–Crippen LogP) is 0.0581. The molecule has 0 saturated heterocycles. The van der Waals surface area contributed by atoms with Crippen molar-refractivity contribution in [1.82, 2.24) is 0 Å². The Morgan fingerprint density at radius 1 is 0.500 bits per heavy atom. The average molecular weight is 748 g/mol. The molecule has 1 atom stereocenters. The zero-order valence-corrected chi connectivity index (χ0v) is 16.1. The van der Waals surface area contributed by atoms with Crippen LogP contribution >= 0.6 is 9.90 Å². The SMILES string of the molecule is P.[U].[U].[U]. The van der Waals surface area contributed by atoms with Crippen LogP contribution in [0.3, 0.4) is 0 Å². The normalized spacial score (nSPS) is 0. The van der Waals surface area contributed by atoms with E-state index in [4.69, 9.17) is 0 Å². The standard InChI is InChI=1S/H3P.3U/h1H3;;;. The molecule has 0 aromatic rings. The second-order valence-corrected chi connectivity index (χ2v) is 0. The van der Waals surface area contributed by atoms with E-state index >= 15 is 0 Å². The smallest absolute Gasteiger partial charge is 0 e. The van der Waals surface area contributed by atoms with E-state index in [1.807, 2.05) is 0 Å². The second-order valence-electron chi connectivity index (χ2n) is 0. The van der Waals surface area contributed by atoms with Crippen molar-refractivity contribution < 1.29 is 93.3 Å². The first-order valence-electron chi connectivity index (χ1n) is 0. The molecule has 0 rings (SSSR count). The average Bonchev–Trinajstić information content (AvgIpc) is 0. The molecule has 0 nitrogen and oxygen atoms in total. The quantitative estimate of drug-likeness (QED) is 0.308. The maximum absolute atomic E-state index is 0. The summed E-state index contributed by atoms with van der Waals surface area (Å²) >= 11 is 0. The summed E-state index contributed by atoms with van der Waals surface area (Å²) in [5.74, 6) is 0. The van der Waals surface area contributed by atoms with Crippen LogP contribution in [-0.2, 0) is 0 Å². The molecule has 0 spiro atoms. The molecule has 0 heterocycles. The van der Waals surface area contributed by atoms with Crippen LogP contribution in [0.15, 0.2) is 0 Å². The van der Waals surface area contributed by atoms with Crippen LogP contribution in [0.1, 0.15) is 0 Å². The summed E-state index contributed by atoms with van der Waals surface area (Å²) in [6.45, 7) is 0. The van der Waals surface area contributed by atoms with Gasteiger partial charge in [-0.25, -0.2) is 0 Å². The van der Waals surface area contributed by atoms with E-state index in [0.29, 0.717) is 0 Å². The van der Waals surface area contributed by atoms with Crippen molar-refractivity contribution >= 4 is 9.90 Å². The van der Waals surface area contributed by atoms with Gasteiger partial charge in [0.15, 0.2) is 0 Å². The van der Waals surface area contributed by atoms with Crippen LogP contribution in [-0.4, -0.2) is 0 Å². The molecule has 0 bridgehead atoms. The van der Waals surface area contributed by atoms with Crippen LogP contribution in [0.2, 0.25) is 0 Å². The van der Waals surface area contributed by atoms with Crippen molar-refractivity contribution in [2.45, 2.75) is 0 Å². The number of hydrogen-bond donors (Lipinski definition) is 0. The summed E-state index contributed by atoms with van der Waals surface area (Å²) in [6, 6.07) is 0. The van der Waals surface area contributed by atoms with Crippen LogP contribution < -0.4 is 0 Å². The summed E-state index contributed by atoms with van der Waals surface area (Å²) in [5.41, 5.74) is 0. The molecule has 0 aliphatic heterocycles. The molecule has 0 aromatic carbocycles. The zero-order chi connectivity index (χ0) is 0. The van der Waals surface area contributed by atoms with Crippen molar-refractivity contribution in [2.24, 2.45) is 0 Å². The van der Waals surface area contributed by atoms with E-state index in [1.165, 1.54) is 0 Å². The van der Waals surface area contributed by atoms with Gasteiger partial charge in [-0.3, -0.25) is 0 Å². The number of hydrogen-bond acceptors (Lipinski definition) is 0. The Kier molecular flexibility index (Phi) is 102. The van der Waals surface area contributed by atoms with Crippen molar-refractivity contribution in [2.75, 3.05) is 0 Å². The first kappa shape index (κ1) is 25.6. The Morgan fingerprint density at radius 3 is 0.500 bits per heavy atom. The van der Waals surface area contributed by atoms with Gasteiger partial charge in [0.1, 0.15) is 0 Å². The summed E-state index contributed by atoms with van der Waals surface area (Å²) in [4.78, 5) is 0. The largest absolute Gasteiger partial charge is 0.153 e. The van der Waals surface area contributed by atoms with Gasteiger partial charge < -0.3 is 0 Å². The summed E-state index contributed by atoms with van der Waals surface area (Å²) in [7, 11) is 0. The van der Waals surface area contributed by atoms with Gasteiger partial charge >= 0.3 is 0 Å². The fourth-order valence-electron chi connectivity index (χ4n) is 0. The van der Waals surface area contributed by atoms with Gasteiger partial charge in [-0.05, 0) is 0 Å². The van der Waals surface area contributed by atoms with E-state index in [1.54, 1.807) is 0 Å². The molecule has 0 amide bonds. The van der Waals surface area contributed by atoms with Crippen LogP contribution in [0.5, 0.6) is 0 Å². The maximum Gasteiger partial charge on any atom is 0 e. The minimum Gasteiger partial charge on any atom is -0.153 e. The summed E-state index contributed by atoms with van der Waals surface area (Å²) in [6.07, 6.45) is 0. The summed E-state index contributed by atoms with van der Waals surface area (Å²) in [5, 5.41) is 0. The Balaban J connectivity index is 0. The van der Waals surface area contributed by atoms with Crippen molar-refractivity contribution in [3.05, 3.63) is 0 Å². The van der Waals surface area contributed by atoms with Gasteiger partial charge in [0.2, 0.25) is 0 Å². The van der Waals surface area contributed by atoms with E-state index in [9.17, 15) is 0 Å². The first-order chi connectivity index (χ1) is 0.